The molecule has 2 nitrogen and oxygen atoms in total. The van der Waals surface area contributed by atoms with Gasteiger partial charge in [-0.2, -0.15) is 0 Å². The minimum atomic E-state index is -0.523. The van der Waals surface area contributed by atoms with Crippen molar-refractivity contribution in [3.63, 3.8) is 0 Å². The Morgan fingerprint density at radius 3 is 1.51 bits per heavy atom. The summed E-state index contributed by atoms with van der Waals surface area (Å²) >= 11 is 0. The van der Waals surface area contributed by atoms with Gasteiger partial charge in [0.15, 0.2) is 0 Å². The third kappa shape index (κ3) is 3.80. The van der Waals surface area contributed by atoms with Crippen LogP contribution in [0.4, 0.5) is 0 Å². The summed E-state index contributed by atoms with van der Waals surface area (Å²) in [4.78, 5) is 0. The number of ether oxygens (including phenoxy) is 2. The highest BCUT2D eigenvalue weighted by Gasteiger charge is 2.46. The highest BCUT2D eigenvalue weighted by molar-refractivity contribution is 5.97. The van der Waals surface area contributed by atoms with Gasteiger partial charge in [0.05, 0.1) is 17.9 Å². The molecule has 0 saturated carbocycles. The molecule has 1 aliphatic carbocycles. The number of fused-ring (bicyclic) bond motifs is 6. The third-order valence-corrected chi connectivity index (χ3v) is 8.84. The van der Waals surface area contributed by atoms with Crippen LogP contribution >= 0.6 is 0 Å². The van der Waals surface area contributed by atoms with Crippen molar-refractivity contribution >= 4 is 32.3 Å². The average Bonchev–Trinajstić information content (AvgIpc) is 3.33. The summed E-state index contributed by atoms with van der Waals surface area (Å²) in [6.45, 7) is 7.42. The van der Waals surface area contributed by atoms with Crippen LogP contribution in [0.25, 0.3) is 43.4 Å². The molecule has 0 atom stereocenters. The SMILES string of the molecule is C=COc1ccc2cc(C3(c4ccc5cc(OC=C)ccc5c4)c4ccccc4-c4cc5ccccc5cc43)ccc2c1. The largest absolute Gasteiger partial charge is 0.466 e. The van der Waals surface area contributed by atoms with Crippen molar-refractivity contribution in [1.82, 2.24) is 0 Å². The second-order valence-corrected chi connectivity index (χ2v) is 11.1. The molecule has 0 heterocycles. The molecule has 0 spiro atoms. The van der Waals surface area contributed by atoms with E-state index in [4.69, 9.17) is 9.47 Å². The molecule has 0 bridgehead atoms. The molecule has 43 heavy (non-hydrogen) atoms. The zero-order valence-electron chi connectivity index (χ0n) is 23.6. The summed E-state index contributed by atoms with van der Waals surface area (Å²) in [5.41, 5.74) is 7.06. The summed E-state index contributed by atoms with van der Waals surface area (Å²) in [6, 6.07) is 48.4. The molecule has 0 saturated heterocycles. The topological polar surface area (TPSA) is 18.5 Å². The van der Waals surface area contributed by atoms with Gasteiger partial charge < -0.3 is 9.47 Å². The van der Waals surface area contributed by atoms with E-state index in [0.29, 0.717) is 0 Å². The monoisotopic (exact) mass is 552 g/mol. The van der Waals surface area contributed by atoms with Crippen molar-refractivity contribution in [2.45, 2.75) is 5.41 Å². The van der Waals surface area contributed by atoms with Gasteiger partial charge in [0.25, 0.3) is 0 Å². The molecule has 204 valence electrons. The molecule has 0 aromatic heterocycles. The second kappa shape index (κ2) is 9.75. The first kappa shape index (κ1) is 25.1. The van der Waals surface area contributed by atoms with Gasteiger partial charge in [-0.1, -0.05) is 98.1 Å². The lowest BCUT2D eigenvalue weighted by Crippen LogP contribution is -2.28. The van der Waals surface area contributed by atoms with Gasteiger partial charge in [-0.15, -0.1) is 0 Å². The molecule has 1 aliphatic rings. The van der Waals surface area contributed by atoms with E-state index >= 15 is 0 Å². The van der Waals surface area contributed by atoms with Gasteiger partial charge in [-0.25, -0.2) is 0 Å². The Kier molecular flexibility index (Phi) is 5.70. The number of hydrogen-bond acceptors (Lipinski definition) is 2. The minimum absolute atomic E-state index is 0.523. The normalized spacial score (nSPS) is 13.0. The maximum atomic E-state index is 5.58. The Morgan fingerprint density at radius 2 is 0.907 bits per heavy atom. The van der Waals surface area contributed by atoms with Gasteiger partial charge >= 0.3 is 0 Å². The quantitative estimate of drug-likeness (QED) is 0.191. The highest BCUT2D eigenvalue weighted by atomic mass is 16.5. The van der Waals surface area contributed by atoms with Crippen LogP contribution in [0.1, 0.15) is 22.3 Å². The summed E-state index contributed by atoms with van der Waals surface area (Å²) in [7, 11) is 0. The Morgan fingerprint density at radius 1 is 0.419 bits per heavy atom. The number of hydrogen-bond donors (Lipinski definition) is 0. The van der Waals surface area contributed by atoms with Crippen LogP contribution in [0, 0.1) is 0 Å². The summed E-state index contributed by atoms with van der Waals surface area (Å²) < 4.78 is 11.2. The summed E-state index contributed by atoms with van der Waals surface area (Å²) in [5.74, 6) is 1.56. The minimum Gasteiger partial charge on any atom is -0.466 e. The fraction of sp³-hybridized carbons (Fsp3) is 0.0244. The standard InChI is InChI=1S/C41H28O2/c1-3-42-35-19-15-29-21-33(17-13-31(29)23-35)41(34-18-14-32-24-36(43-4-2)20-16-30(32)22-34)39-12-8-7-11-37(39)38-25-27-9-5-6-10-28(27)26-40(38)41/h3-26H,1-2H2. The van der Waals surface area contributed by atoms with Crippen LogP contribution in [-0.2, 0) is 5.41 Å². The van der Waals surface area contributed by atoms with Crippen molar-refractivity contribution in [3.8, 4) is 22.6 Å². The lowest BCUT2D eigenvalue weighted by molar-refractivity contribution is 0.484. The maximum Gasteiger partial charge on any atom is 0.127 e. The molecular weight excluding hydrogens is 524 g/mol. The van der Waals surface area contributed by atoms with Gasteiger partial charge in [0.1, 0.15) is 11.5 Å². The molecular formula is C41H28O2. The molecule has 0 unspecified atom stereocenters. The summed E-state index contributed by atoms with van der Waals surface area (Å²) in [6.07, 6.45) is 2.93. The molecule has 0 aliphatic heterocycles. The van der Waals surface area contributed by atoms with Crippen molar-refractivity contribution in [2.75, 3.05) is 0 Å². The van der Waals surface area contributed by atoms with Gasteiger partial charge in [0, 0.05) is 0 Å². The van der Waals surface area contributed by atoms with E-state index in [9.17, 15) is 0 Å². The first-order valence-corrected chi connectivity index (χ1v) is 14.5. The summed E-state index contributed by atoms with van der Waals surface area (Å²) in [5, 5.41) is 7.04. The van der Waals surface area contributed by atoms with Crippen LogP contribution in [0.2, 0.25) is 0 Å². The van der Waals surface area contributed by atoms with Crippen LogP contribution in [0.5, 0.6) is 11.5 Å². The van der Waals surface area contributed by atoms with Gasteiger partial charge in [-0.05, 0) is 114 Å². The van der Waals surface area contributed by atoms with Crippen LogP contribution in [0.3, 0.4) is 0 Å². The van der Waals surface area contributed by atoms with E-state index in [2.05, 4.69) is 134 Å². The predicted molar refractivity (Wildman–Crippen MR) is 178 cm³/mol. The first-order valence-electron chi connectivity index (χ1n) is 14.5. The van der Waals surface area contributed by atoms with E-state index in [-0.39, 0.29) is 0 Å². The van der Waals surface area contributed by atoms with Crippen molar-refractivity contribution < 1.29 is 9.47 Å². The zero-order chi connectivity index (χ0) is 29.0. The van der Waals surface area contributed by atoms with E-state index in [1.807, 2.05) is 12.1 Å². The van der Waals surface area contributed by atoms with E-state index in [1.165, 1.54) is 56.7 Å². The molecule has 8 rings (SSSR count). The van der Waals surface area contributed by atoms with E-state index < -0.39 is 5.41 Å². The lowest BCUT2D eigenvalue weighted by Gasteiger charge is -2.34. The van der Waals surface area contributed by atoms with Gasteiger partial charge in [0.2, 0.25) is 0 Å². The lowest BCUT2D eigenvalue weighted by atomic mass is 9.67. The Labute approximate surface area is 250 Å². The third-order valence-electron chi connectivity index (χ3n) is 8.84. The molecule has 0 amide bonds. The maximum absolute atomic E-state index is 5.58. The Hall–Kier alpha value is -5.60. The molecule has 7 aromatic carbocycles. The molecule has 7 aromatic rings. The van der Waals surface area contributed by atoms with Crippen molar-refractivity contribution in [3.05, 3.63) is 181 Å². The Bertz CT molecular complexity index is 2150. The molecule has 2 heteroatoms. The average molecular weight is 553 g/mol. The molecule has 0 fully saturated rings. The van der Waals surface area contributed by atoms with E-state index in [1.54, 1.807) is 0 Å². The first-order chi connectivity index (χ1) is 21.2. The van der Waals surface area contributed by atoms with Crippen LogP contribution in [0.15, 0.2) is 159 Å². The smallest absolute Gasteiger partial charge is 0.127 e. The highest BCUT2D eigenvalue weighted by Crippen LogP contribution is 2.57. The van der Waals surface area contributed by atoms with Crippen LogP contribution in [-0.4, -0.2) is 0 Å². The van der Waals surface area contributed by atoms with Crippen molar-refractivity contribution in [1.29, 1.82) is 0 Å². The fourth-order valence-corrected chi connectivity index (χ4v) is 7.01. The van der Waals surface area contributed by atoms with Crippen LogP contribution < -0.4 is 9.47 Å². The Balaban J connectivity index is 1.47. The number of rotatable bonds is 6. The molecule has 0 N–H and O–H groups in total. The molecule has 0 radical (unpaired) electrons. The predicted octanol–water partition coefficient (Wildman–Crippen LogP) is 10.6. The fourth-order valence-electron chi connectivity index (χ4n) is 7.01. The number of benzene rings is 7. The zero-order valence-corrected chi connectivity index (χ0v) is 23.6. The van der Waals surface area contributed by atoms with Gasteiger partial charge in [-0.3, -0.25) is 0 Å². The van der Waals surface area contributed by atoms with E-state index in [0.717, 1.165) is 33.0 Å². The van der Waals surface area contributed by atoms with Crippen molar-refractivity contribution in [2.24, 2.45) is 0 Å². The second-order valence-electron chi connectivity index (χ2n) is 11.1.